The lowest BCUT2D eigenvalue weighted by Gasteiger charge is -2.15. The molecular weight excluding hydrogens is 508 g/mol. The molecule has 2 aromatic carbocycles. The van der Waals surface area contributed by atoms with Crippen molar-refractivity contribution in [3.63, 3.8) is 0 Å². The molecule has 10 heteroatoms. The summed E-state index contributed by atoms with van der Waals surface area (Å²) in [6.45, 7) is 5.90. The van der Waals surface area contributed by atoms with Crippen LogP contribution in [0.5, 0.6) is 5.75 Å². The second-order valence-corrected chi connectivity index (χ2v) is 10.0. The molecule has 0 aliphatic carbocycles. The molecule has 2 heterocycles. The number of aromatic nitrogens is 3. The highest BCUT2D eigenvalue weighted by Gasteiger charge is 2.23. The van der Waals surface area contributed by atoms with Crippen LogP contribution in [0, 0.1) is 6.92 Å². The summed E-state index contributed by atoms with van der Waals surface area (Å²) >= 11 is 2.56. The summed E-state index contributed by atoms with van der Waals surface area (Å²) in [5.41, 5.74) is 3.01. The van der Waals surface area contributed by atoms with Crippen LogP contribution in [0.3, 0.4) is 0 Å². The van der Waals surface area contributed by atoms with Gasteiger partial charge in [-0.1, -0.05) is 60.3 Å². The Kier molecular flexibility index (Phi) is 8.62. The smallest absolute Gasteiger partial charge is 0.341 e. The predicted octanol–water partition coefficient (Wildman–Crippen LogP) is 5.90. The van der Waals surface area contributed by atoms with E-state index in [0.29, 0.717) is 21.5 Å². The molecule has 8 nitrogen and oxygen atoms in total. The van der Waals surface area contributed by atoms with Gasteiger partial charge < -0.3 is 19.4 Å². The van der Waals surface area contributed by atoms with Gasteiger partial charge in [-0.25, -0.2) is 4.79 Å². The van der Waals surface area contributed by atoms with E-state index in [2.05, 4.69) is 15.5 Å². The number of anilines is 1. The fourth-order valence-electron chi connectivity index (χ4n) is 3.72. The molecule has 1 N–H and O–H groups in total. The van der Waals surface area contributed by atoms with Crippen molar-refractivity contribution in [2.45, 2.75) is 32.0 Å². The third kappa shape index (κ3) is 6.20. The summed E-state index contributed by atoms with van der Waals surface area (Å²) < 4.78 is 13.2. The summed E-state index contributed by atoms with van der Waals surface area (Å²) in [5, 5.41) is 14.3. The van der Waals surface area contributed by atoms with Crippen molar-refractivity contribution < 1.29 is 19.1 Å². The van der Waals surface area contributed by atoms with Gasteiger partial charge in [0.1, 0.15) is 16.3 Å². The highest BCUT2D eigenvalue weighted by atomic mass is 32.2. The summed E-state index contributed by atoms with van der Waals surface area (Å²) in [6, 6.07) is 17.3. The van der Waals surface area contributed by atoms with Crippen molar-refractivity contribution in [1.82, 2.24) is 14.8 Å². The summed E-state index contributed by atoms with van der Waals surface area (Å²) in [4.78, 5) is 25.6. The molecule has 37 heavy (non-hydrogen) atoms. The first-order chi connectivity index (χ1) is 17.9. The maximum Gasteiger partial charge on any atom is 0.341 e. The van der Waals surface area contributed by atoms with Crippen LogP contribution in [0.25, 0.3) is 11.1 Å². The Morgan fingerprint density at radius 2 is 1.84 bits per heavy atom. The largest absolute Gasteiger partial charge is 0.482 e. The maximum absolute atomic E-state index is 12.8. The zero-order valence-electron chi connectivity index (χ0n) is 21.1. The lowest BCUT2D eigenvalue weighted by atomic mass is 10.0. The van der Waals surface area contributed by atoms with E-state index >= 15 is 0 Å². The fraction of sp³-hybridized carbons (Fsp3) is 0.259. The minimum atomic E-state index is -0.467. The molecule has 0 radical (unpaired) electrons. The van der Waals surface area contributed by atoms with Gasteiger partial charge in [0.15, 0.2) is 17.1 Å². The number of rotatable bonds is 10. The van der Waals surface area contributed by atoms with Gasteiger partial charge >= 0.3 is 5.97 Å². The number of aryl methyl sites for hydroxylation is 1. The van der Waals surface area contributed by atoms with E-state index in [1.165, 1.54) is 23.1 Å². The number of ether oxygens (including phenoxy) is 2. The SMILES string of the molecule is CCOC(=O)c1c(-c2ccccc2)csc1NC(=O)CSc1nnc(C(C)Oc2ccccc2C)n1C. The number of hydrogen-bond donors (Lipinski definition) is 1. The molecule has 0 bridgehead atoms. The molecule has 0 aliphatic heterocycles. The third-order valence-corrected chi connectivity index (χ3v) is 7.49. The molecule has 0 saturated heterocycles. The summed E-state index contributed by atoms with van der Waals surface area (Å²) in [7, 11) is 1.84. The summed E-state index contributed by atoms with van der Waals surface area (Å²) in [5.74, 6) is 0.813. The van der Waals surface area contributed by atoms with E-state index in [4.69, 9.17) is 9.47 Å². The zero-order chi connectivity index (χ0) is 26.4. The standard InChI is InChI=1S/C27H28N4O4S2/c1-5-34-26(33)23-20(19-12-7-6-8-13-19)15-36-25(23)28-22(32)16-37-27-30-29-24(31(27)4)18(3)35-21-14-10-9-11-17(21)2/h6-15,18H,5,16H2,1-4H3,(H,28,32). The molecule has 0 spiro atoms. The second kappa shape index (κ2) is 12.1. The molecule has 0 saturated carbocycles. The van der Waals surface area contributed by atoms with E-state index in [-0.39, 0.29) is 24.4 Å². The van der Waals surface area contributed by atoms with Gasteiger partial charge in [-0.15, -0.1) is 21.5 Å². The Labute approximate surface area is 224 Å². The number of nitrogens with zero attached hydrogens (tertiary/aromatic N) is 3. The van der Waals surface area contributed by atoms with Crippen molar-refractivity contribution >= 4 is 40.0 Å². The molecule has 0 fully saturated rings. The molecule has 0 aliphatic rings. The number of carbonyl (C=O) groups excluding carboxylic acids is 2. The van der Waals surface area contributed by atoms with Crippen molar-refractivity contribution in [3.05, 3.63) is 76.9 Å². The first kappa shape index (κ1) is 26.4. The minimum absolute atomic E-state index is 0.0971. The first-order valence-corrected chi connectivity index (χ1v) is 13.6. The van der Waals surface area contributed by atoms with E-state index < -0.39 is 5.97 Å². The van der Waals surface area contributed by atoms with Crippen LogP contribution in [-0.4, -0.2) is 39.0 Å². The third-order valence-electron chi connectivity index (χ3n) is 5.57. The highest BCUT2D eigenvalue weighted by molar-refractivity contribution is 7.99. The average molecular weight is 537 g/mol. The van der Waals surface area contributed by atoms with Gasteiger partial charge in [0, 0.05) is 18.0 Å². The van der Waals surface area contributed by atoms with Crippen LogP contribution in [0.1, 0.15) is 41.7 Å². The highest BCUT2D eigenvalue weighted by Crippen LogP contribution is 2.36. The maximum atomic E-state index is 12.8. The number of para-hydroxylation sites is 1. The Bertz CT molecular complexity index is 1380. The van der Waals surface area contributed by atoms with Crippen molar-refractivity contribution in [2.75, 3.05) is 17.7 Å². The molecule has 4 rings (SSSR count). The lowest BCUT2D eigenvalue weighted by molar-refractivity contribution is -0.113. The van der Waals surface area contributed by atoms with E-state index in [1.54, 1.807) is 6.92 Å². The van der Waals surface area contributed by atoms with Gasteiger partial charge in [-0.05, 0) is 38.0 Å². The average Bonchev–Trinajstić information content (AvgIpc) is 3.48. The fourth-order valence-corrected chi connectivity index (χ4v) is 5.41. The number of thiophene rings is 1. The second-order valence-electron chi connectivity index (χ2n) is 8.20. The number of carbonyl (C=O) groups is 2. The van der Waals surface area contributed by atoms with Crippen LogP contribution < -0.4 is 10.1 Å². The molecular formula is C27H28N4O4S2. The Morgan fingerprint density at radius 1 is 1.11 bits per heavy atom. The van der Waals surface area contributed by atoms with Crippen LogP contribution in [0.4, 0.5) is 5.00 Å². The van der Waals surface area contributed by atoms with Crippen molar-refractivity contribution in [2.24, 2.45) is 7.05 Å². The molecule has 1 amide bonds. The Hall–Kier alpha value is -3.63. The first-order valence-electron chi connectivity index (χ1n) is 11.8. The minimum Gasteiger partial charge on any atom is -0.482 e. The number of esters is 1. The van der Waals surface area contributed by atoms with Gasteiger partial charge in [0.25, 0.3) is 0 Å². The molecule has 4 aromatic rings. The van der Waals surface area contributed by atoms with Gasteiger partial charge in [-0.2, -0.15) is 0 Å². The lowest BCUT2D eigenvalue weighted by Crippen LogP contribution is -2.17. The van der Waals surface area contributed by atoms with Crippen LogP contribution in [0.2, 0.25) is 0 Å². The molecule has 1 atom stereocenters. The van der Waals surface area contributed by atoms with Gasteiger partial charge in [0.2, 0.25) is 5.91 Å². The van der Waals surface area contributed by atoms with E-state index in [0.717, 1.165) is 22.4 Å². The van der Waals surface area contributed by atoms with E-state index in [9.17, 15) is 9.59 Å². The number of thioether (sulfide) groups is 1. The van der Waals surface area contributed by atoms with Crippen molar-refractivity contribution in [1.29, 1.82) is 0 Å². The number of nitrogens with one attached hydrogen (secondary N) is 1. The molecule has 192 valence electrons. The van der Waals surface area contributed by atoms with Gasteiger partial charge in [-0.3, -0.25) is 4.79 Å². The molecule has 2 aromatic heterocycles. The number of benzene rings is 2. The Morgan fingerprint density at radius 3 is 2.57 bits per heavy atom. The number of hydrogen-bond acceptors (Lipinski definition) is 8. The zero-order valence-corrected chi connectivity index (χ0v) is 22.7. The van der Waals surface area contributed by atoms with Gasteiger partial charge in [0.05, 0.1) is 12.4 Å². The van der Waals surface area contributed by atoms with Crippen molar-refractivity contribution in [3.8, 4) is 16.9 Å². The normalized spacial score (nSPS) is 11.7. The summed E-state index contributed by atoms with van der Waals surface area (Å²) in [6.07, 6.45) is -0.323. The Balaban J connectivity index is 1.43. The topological polar surface area (TPSA) is 95.3 Å². The molecule has 1 unspecified atom stereocenters. The number of amides is 1. The van der Waals surface area contributed by atoms with Crippen LogP contribution in [-0.2, 0) is 16.6 Å². The predicted molar refractivity (Wildman–Crippen MR) is 146 cm³/mol. The van der Waals surface area contributed by atoms with Crippen LogP contribution >= 0.6 is 23.1 Å². The van der Waals surface area contributed by atoms with Crippen LogP contribution in [0.15, 0.2) is 65.1 Å². The monoisotopic (exact) mass is 536 g/mol. The van der Waals surface area contributed by atoms with E-state index in [1.807, 2.05) is 85.4 Å². The quantitative estimate of drug-likeness (QED) is 0.199.